The van der Waals surface area contributed by atoms with Crippen molar-refractivity contribution in [3.63, 3.8) is 0 Å². The van der Waals surface area contributed by atoms with E-state index in [1.165, 1.54) is 6.07 Å². The van der Waals surface area contributed by atoms with Crippen molar-refractivity contribution in [2.45, 2.75) is 25.2 Å². The Bertz CT molecular complexity index is 349. The van der Waals surface area contributed by atoms with Gasteiger partial charge in [-0.05, 0) is 42.4 Å². The molecule has 1 aromatic rings. The SMILES string of the molecule is OCCC1CCc2c1ccc(F)c2F. The minimum Gasteiger partial charge on any atom is -0.396 e. The molecule has 0 heterocycles. The second-order valence-corrected chi connectivity index (χ2v) is 3.68. The van der Waals surface area contributed by atoms with E-state index < -0.39 is 11.6 Å². The molecule has 2 rings (SSSR count). The zero-order chi connectivity index (χ0) is 10.1. The van der Waals surface area contributed by atoms with Crippen LogP contribution in [0.2, 0.25) is 0 Å². The molecule has 0 amide bonds. The highest BCUT2D eigenvalue weighted by molar-refractivity contribution is 5.36. The molecular formula is C11H12F2O. The van der Waals surface area contributed by atoms with Crippen LogP contribution in [0.15, 0.2) is 12.1 Å². The molecule has 1 N–H and O–H groups in total. The Labute approximate surface area is 81.4 Å². The lowest BCUT2D eigenvalue weighted by Crippen LogP contribution is -1.98. The van der Waals surface area contributed by atoms with Crippen molar-refractivity contribution < 1.29 is 13.9 Å². The molecule has 0 aliphatic heterocycles. The van der Waals surface area contributed by atoms with Crippen LogP contribution in [-0.4, -0.2) is 11.7 Å². The number of halogens is 2. The van der Waals surface area contributed by atoms with E-state index in [1.807, 2.05) is 0 Å². The van der Waals surface area contributed by atoms with Gasteiger partial charge in [-0.2, -0.15) is 0 Å². The second-order valence-electron chi connectivity index (χ2n) is 3.68. The first-order valence-corrected chi connectivity index (χ1v) is 4.81. The normalized spacial score (nSPS) is 19.8. The van der Waals surface area contributed by atoms with Crippen LogP contribution in [0.5, 0.6) is 0 Å². The third-order valence-corrected chi connectivity index (χ3v) is 2.89. The van der Waals surface area contributed by atoms with Crippen LogP contribution in [0.4, 0.5) is 8.78 Å². The third-order valence-electron chi connectivity index (χ3n) is 2.89. The molecule has 76 valence electrons. The van der Waals surface area contributed by atoms with Gasteiger partial charge < -0.3 is 5.11 Å². The van der Waals surface area contributed by atoms with Gasteiger partial charge in [-0.25, -0.2) is 8.78 Å². The Morgan fingerprint density at radius 2 is 2.14 bits per heavy atom. The molecule has 0 saturated carbocycles. The highest BCUT2D eigenvalue weighted by Crippen LogP contribution is 2.37. The van der Waals surface area contributed by atoms with E-state index in [1.54, 1.807) is 6.07 Å². The zero-order valence-electron chi connectivity index (χ0n) is 7.76. The van der Waals surface area contributed by atoms with Gasteiger partial charge in [0.2, 0.25) is 0 Å². The van der Waals surface area contributed by atoms with Crippen LogP contribution in [0.1, 0.15) is 29.9 Å². The van der Waals surface area contributed by atoms with Gasteiger partial charge in [0.05, 0.1) is 0 Å². The fourth-order valence-corrected chi connectivity index (χ4v) is 2.17. The smallest absolute Gasteiger partial charge is 0.162 e. The van der Waals surface area contributed by atoms with E-state index in [0.29, 0.717) is 18.4 Å². The van der Waals surface area contributed by atoms with Crippen molar-refractivity contribution in [3.8, 4) is 0 Å². The third kappa shape index (κ3) is 1.42. The van der Waals surface area contributed by atoms with Crippen molar-refractivity contribution in [2.24, 2.45) is 0 Å². The number of fused-ring (bicyclic) bond motifs is 1. The molecule has 1 aromatic carbocycles. The summed E-state index contributed by atoms with van der Waals surface area (Å²) < 4.78 is 26.1. The first kappa shape index (κ1) is 9.59. The first-order valence-electron chi connectivity index (χ1n) is 4.81. The van der Waals surface area contributed by atoms with Crippen molar-refractivity contribution in [2.75, 3.05) is 6.61 Å². The van der Waals surface area contributed by atoms with Gasteiger partial charge in [0.25, 0.3) is 0 Å². The standard InChI is InChI=1S/C11H12F2O/c12-10-4-3-8-7(5-6-14)1-2-9(8)11(10)13/h3-4,7,14H,1-2,5-6H2. The largest absolute Gasteiger partial charge is 0.396 e. The maximum Gasteiger partial charge on any atom is 0.162 e. The summed E-state index contributed by atoms with van der Waals surface area (Å²) in [4.78, 5) is 0. The highest BCUT2D eigenvalue weighted by atomic mass is 19.2. The van der Waals surface area contributed by atoms with Gasteiger partial charge in [-0.1, -0.05) is 6.07 Å². The summed E-state index contributed by atoms with van der Waals surface area (Å²) in [5.74, 6) is -1.28. The molecule has 0 radical (unpaired) electrons. The summed E-state index contributed by atoms with van der Waals surface area (Å²) in [5.41, 5.74) is 1.38. The minimum atomic E-state index is -0.770. The van der Waals surface area contributed by atoms with Gasteiger partial charge in [0, 0.05) is 6.61 Å². The molecule has 0 fully saturated rings. The number of rotatable bonds is 2. The lowest BCUT2D eigenvalue weighted by molar-refractivity contribution is 0.275. The fraction of sp³-hybridized carbons (Fsp3) is 0.455. The first-order chi connectivity index (χ1) is 6.74. The van der Waals surface area contributed by atoms with E-state index in [9.17, 15) is 8.78 Å². The van der Waals surface area contributed by atoms with E-state index >= 15 is 0 Å². The predicted molar refractivity (Wildman–Crippen MR) is 49.1 cm³/mol. The lowest BCUT2D eigenvalue weighted by Gasteiger charge is -2.09. The molecule has 1 aliphatic rings. The van der Waals surface area contributed by atoms with Crippen molar-refractivity contribution in [3.05, 3.63) is 34.9 Å². The minimum absolute atomic E-state index is 0.100. The quantitative estimate of drug-likeness (QED) is 0.773. The van der Waals surface area contributed by atoms with Crippen molar-refractivity contribution in [1.29, 1.82) is 0 Å². The average Bonchev–Trinajstić information content (AvgIpc) is 2.57. The van der Waals surface area contributed by atoms with Crippen LogP contribution in [0, 0.1) is 11.6 Å². The average molecular weight is 198 g/mol. The molecular weight excluding hydrogens is 186 g/mol. The number of hydrogen-bond acceptors (Lipinski definition) is 1. The topological polar surface area (TPSA) is 20.2 Å². The second kappa shape index (κ2) is 3.65. The number of hydrogen-bond donors (Lipinski definition) is 1. The van der Waals surface area contributed by atoms with Gasteiger partial charge in [0.15, 0.2) is 11.6 Å². The maximum atomic E-state index is 13.3. The van der Waals surface area contributed by atoms with Gasteiger partial charge in [-0.15, -0.1) is 0 Å². The summed E-state index contributed by atoms with van der Waals surface area (Å²) in [5, 5.41) is 8.81. The molecule has 3 heteroatoms. The Kier molecular flexibility index (Phi) is 2.50. The monoisotopic (exact) mass is 198 g/mol. The van der Waals surface area contributed by atoms with Gasteiger partial charge in [-0.3, -0.25) is 0 Å². The van der Waals surface area contributed by atoms with Crippen molar-refractivity contribution in [1.82, 2.24) is 0 Å². The summed E-state index contributed by atoms with van der Waals surface area (Å²) in [6, 6.07) is 2.81. The van der Waals surface area contributed by atoms with Crippen LogP contribution in [0.25, 0.3) is 0 Å². The molecule has 0 bridgehead atoms. The van der Waals surface area contributed by atoms with Gasteiger partial charge in [0.1, 0.15) is 0 Å². The predicted octanol–water partition coefficient (Wildman–Crippen LogP) is 2.38. The van der Waals surface area contributed by atoms with Crippen LogP contribution >= 0.6 is 0 Å². The van der Waals surface area contributed by atoms with Crippen molar-refractivity contribution >= 4 is 0 Å². The summed E-state index contributed by atoms with van der Waals surface area (Å²) >= 11 is 0. The van der Waals surface area contributed by atoms with Crippen LogP contribution in [-0.2, 0) is 6.42 Å². The highest BCUT2D eigenvalue weighted by Gasteiger charge is 2.25. The molecule has 0 spiro atoms. The van der Waals surface area contributed by atoms with E-state index in [2.05, 4.69) is 0 Å². The zero-order valence-corrected chi connectivity index (χ0v) is 7.76. The molecule has 1 nitrogen and oxygen atoms in total. The van der Waals surface area contributed by atoms with E-state index in [0.717, 1.165) is 12.0 Å². The number of benzene rings is 1. The van der Waals surface area contributed by atoms with Gasteiger partial charge >= 0.3 is 0 Å². The Balaban J connectivity index is 2.37. The number of aliphatic hydroxyl groups is 1. The fourth-order valence-electron chi connectivity index (χ4n) is 2.17. The molecule has 1 unspecified atom stereocenters. The number of aliphatic hydroxyl groups excluding tert-OH is 1. The lowest BCUT2D eigenvalue weighted by atomic mass is 9.98. The Morgan fingerprint density at radius 3 is 2.86 bits per heavy atom. The summed E-state index contributed by atoms with van der Waals surface area (Å²) in [6.07, 6.45) is 2.04. The van der Waals surface area contributed by atoms with Crippen LogP contribution in [0.3, 0.4) is 0 Å². The Morgan fingerprint density at radius 1 is 1.36 bits per heavy atom. The van der Waals surface area contributed by atoms with E-state index in [4.69, 9.17) is 5.11 Å². The van der Waals surface area contributed by atoms with E-state index in [-0.39, 0.29) is 12.5 Å². The maximum absolute atomic E-state index is 13.3. The molecule has 1 aliphatic carbocycles. The summed E-state index contributed by atoms with van der Waals surface area (Å²) in [6.45, 7) is 0.100. The molecule has 14 heavy (non-hydrogen) atoms. The molecule has 0 saturated heterocycles. The molecule has 0 aromatic heterocycles. The Hall–Kier alpha value is -0.960. The van der Waals surface area contributed by atoms with Crippen LogP contribution < -0.4 is 0 Å². The molecule has 1 atom stereocenters. The summed E-state index contributed by atoms with van der Waals surface area (Å²) in [7, 11) is 0.